The molecule has 0 spiro atoms. The summed E-state index contributed by atoms with van der Waals surface area (Å²) in [6.07, 6.45) is 4.02. The average Bonchev–Trinajstić information content (AvgIpc) is 2.68. The number of likely N-dealkylation sites (N-methyl/N-ethyl adjacent to an activating group) is 1. The Morgan fingerprint density at radius 3 is 2.67 bits per heavy atom. The van der Waals surface area contributed by atoms with E-state index in [9.17, 15) is 4.79 Å². The lowest BCUT2D eigenvalue weighted by Crippen LogP contribution is -2.53. The Labute approximate surface area is 163 Å². The first-order chi connectivity index (χ1) is 13.1. The van der Waals surface area contributed by atoms with Crippen LogP contribution in [0.1, 0.15) is 5.56 Å². The Morgan fingerprint density at radius 1 is 1.19 bits per heavy atom. The molecule has 1 atom stereocenters. The van der Waals surface area contributed by atoms with E-state index < -0.39 is 6.03 Å². The minimum atomic E-state index is -0.643. The molecule has 0 bridgehead atoms. The third-order valence-electron chi connectivity index (χ3n) is 4.23. The number of amides is 2. The summed E-state index contributed by atoms with van der Waals surface area (Å²) >= 11 is 5.48. The Hall–Kier alpha value is -3.03. The molecule has 0 saturated carbocycles. The summed E-state index contributed by atoms with van der Waals surface area (Å²) in [6.45, 7) is 0. The van der Waals surface area contributed by atoms with Crippen molar-refractivity contribution < 1.29 is 4.79 Å². The highest BCUT2D eigenvalue weighted by molar-refractivity contribution is 7.80. The van der Waals surface area contributed by atoms with Crippen molar-refractivity contribution in [3.05, 3.63) is 72.6 Å². The van der Waals surface area contributed by atoms with E-state index in [1.54, 1.807) is 18.5 Å². The van der Waals surface area contributed by atoms with Gasteiger partial charge >= 0.3 is 6.03 Å². The number of nitrogens with zero attached hydrogens (tertiary/aromatic N) is 2. The molecule has 3 aromatic rings. The first-order valence-corrected chi connectivity index (χ1v) is 8.94. The van der Waals surface area contributed by atoms with E-state index in [1.807, 2.05) is 55.6 Å². The van der Waals surface area contributed by atoms with E-state index in [0.717, 1.165) is 16.3 Å². The number of carbonyl (C=O) groups excluding carboxylic acids is 1. The topological polar surface area (TPSA) is 83.3 Å². The maximum absolute atomic E-state index is 12.1. The molecule has 1 aromatic heterocycles. The van der Waals surface area contributed by atoms with Gasteiger partial charge in [0, 0.05) is 24.2 Å². The van der Waals surface area contributed by atoms with Crippen molar-refractivity contribution in [3.8, 4) is 0 Å². The van der Waals surface area contributed by atoms with Crippen molar-refractivity contribution in [2.75, 3.05) is 11.9 Å². The van der Waals surface area contributed by atoms with Crippen LogP contribution in [0, 0.1) is 0 Å². The number of fused-ring (bicyclic) bond motifs is 1. The van der Waals surface area contributed by atoms with Gasteiger partial charge in [-0.05, 0) is 48.4 Å². The predicted molar refractivity (Wildman–Crippen MR) is 113 cm³/mol. The molecule has 0 aliphatic carbocycles. The van der Waals surface area contributed by atoms with Crippen LogP contribution in [0.25, 0.3) is 10.8 Å². The first-order valence-electron chi connectivity index (χ1n) is 8.53. The molecule has 2 amide bonds. The number of pyridine rings is 1. The number of benzene rings is 2. The molecule has 0 fully saturated rings. The molecule has 4 N–H and O–H groups in total. The van der Waals surface area contributed by atoms with Gasteiger partial charge in [-0.1, -0.05) is 36.4 Å². The SMILES string of the molecule is CNC(Cc1ccccc1)NC(=S)N(C(N)=O)c1ccc2cnccc2c1. The summed E-state index contributed by atoms with van der Waals surface area (Å²) in [7, 11) is 1.83. The molecule has 6 nitrogen and oxygen atoms in total. The van der Waals surface area contributed by atoms with Crippen LogP contribution in [0.15, 0.2) is 67.0 Å². The number of hydrogen-bond donors (Lipinski definition) is 3. The highest BCUT2D eigenvalue weighted by Gasteiger charge is 2.20. The molecule has 27 heavy (non-hydrogen) atoms. The van der Waals surface area contributed by atoms with Crippen molar-refractivity contribution >= 4 is 39.8 Å². The van der Waals surface area contributed by atoms with Crippen LogP contribution < -0.4 is 21.3 Å². The zero-order valence-electron chi connectivity index (χ0n) is 14.9. The van der Waals surface area contributed by atoms with Crippen LogP contribution in [0.5, 0.6) is 0 Å². The second-order valence-electron chi connectivity index (χ2n) is 6.06. The molecule has 0 saturated heterocycles. The van der Waals surface area contributed by atoms with Crippen LogP contribution in [0.3, 0.4) is 0 Å². The number of urea groups is 1. The van der Waals surface area contributed by atoms with Crippen LogP contribution in [0.2, 0.25) is 0 Å². The third-order valence-corrected chi connectivity index (χ3v) is 4.54. The van der Waals surface area contributed by atoms with Crippen LogP contribution >= 0.6 is 12.2 Å². The molecule has 138 valence electrons. The molecular formula is C20H21N5OS. The van der Waals surface area contributed by atoms with E-state index in [4.69, 9.17) is 18.0 Å². The maximum Gasteiger partial charge on any atom is 0.325 e. The zero-order chi connectivity index (χ0) is 19.2. The van der Waals surface area contributed by atoms with Crippen molar-refractivity contribution in [1.82, 2.24) is 15.6 Å². The Morgan fingerprint density at radius 2 is 1.96 bits per heavy atom. The van der Waals surface area contributed by atoms with Crippen LogP contribution in [0.4, 0.5) is 10.5 Å². The maximum atomic E-state index is 12.1. The van der Waals surface area contributed by atoms with E-state index in [2.05, 4.69) is 15.6 Å². The quantitative estimate of drug-likeness (QED) is 0.469. The van der Waals surface area contributed by atoms with Crippen molar-refractivity contribution in [1.29, 1.82) is 0 Å². The number of anilines is 1. The fourth-order valence-corrected chi connectivity index (χ4v) is 3.18. The number of rotatable bonds is 5. The molecular weight excluding hydrogens is 358 g/mol. The van der Waals surface area contributed by atoms with Gasteiger partial charge in [0.15, 0.2) is 5.11 Å². The normalized spacial score (nSPS) is 11.7. The molecule has 0 aliphatic heterocycles. The molecule has 3 rings (SSSR count). The Bertz CT molecular complexity index is 947. The monoisotopic (exact) mass is 379 g/mol. The number of nitrogens with two attached hydrogens (primary N) is 1. The van der Waals surface area contributed by atoms with Crippen LogP contribution in [-0.2, 0) is 6.42 Å². The standard InChI is InChI=1S/C20H21N5OS/c1-22-18(11-14-5-3-2-4-6-14)24-20(27)25(19(21)26)17-8-7-16-13-23-10-9-15(16)12-17/h2-10,12-13,18,22H,11H2,1H3,(H2,21,26)(H,24,27). The molecule has 7 heteroatoms. The second-order valence-corrected chi connectivity index (χ2v) is 6.45. The summed E-state index contributed by atoms with van der Waals surface area (Å²) in [6, 6.07) is 16.8. The van der Waals surface area contributed by atoms with E-state index in [1.165, 1.54) is 4.90 Å². The molecule has 1 heterocycles. The number of nitrogens with one attached hydrogen (secondary N) is 2. The van der Waals surface area contributed by atoms with Crippen LogP contribution in [-0.4, -0.2) is 29.3 Å². The summed E-state index contributed by atoms with van der Waals surface area (Å²) in [4.78, 5) is 17.5. The largest absolute Gasteiger partial charge is 0.351 e. The Kier molecular flexibility index (Phi) is 5.95. The smallest absolute Gasteiger partial charge is 0.325 e. The van der Waals surface area contributed by atoms with E-state index in [-0.39, 0.29) is 11.3 Å². The number of primary amides is 1. The lowest BCUT2D eigenvalue weighted by atomic mass is 10.1. The number of thiocarbonyl (C=S) groups is 1. The van der Waals surface area contributed by atoms with E-state index in [0.29, 0.717) is 12.1 Å². The number of carbonyl (C=O) groups is 1. The average molecular weight is 379 g/mol. The van der Waals surface area contributed by atoms with Gasteiger partial charge in [-0.3, -0.25) is 4.98 Å². The molecule has 1 unspecified atom stereocenters. The van der Waals surface area contributed by atoms with Gasteiger partial charge in [-0.25, -0.2) is 9.69 Å². The minimum Gasteiger partial charge on any atom is -0.351 e. The van der Waals surface area contributed by atoms with Crippen molar-refractivity contribution in [2.45, 2.75) is 12.6 Å². The van der Waals surface area contributed by atoms with Gasteiger partial charge in [-0.2, -0.15) is 0 Å². The fraction of sp³-hybridized carbons (Fsp3) is 0.150. The molecule has 2 aromatic carbocycles. The zero-order valence-corrected chi connectivity index (χ0v) is 15.7. The lowest BCUT2D eigenvalue weighted by molar-refractivity contribution is 0.256. The highest BCUT2D eigenvalue weighted by atomic mass is 32.1. The summed E-state index contributed by atoms with van der Waals surface area (Å²) in [5.74, 6) is 0. The van der Waals surface area contributed by atoms with E-state index >= 15 is 0 Å². The number of aromatic nitrogens is 1. The highest BCUT2D eigenvalue weighted by Crippen LogP contribution is 2.21. The van der Waals surface area contributed by atoms with Gasteiger partial charge in [-0.15, -0.1) is 0 Å². The lowest BCUT2D eigenvalue weighted by Gasteiger charge is -2.26. The molecule has 0 aliphatic rings. The van der Waals surface area contributed by atoms with Gasteiger partial charge in [0.05, 0.1) is 11.9 Å². The van der Waals surface area contributed by atoms with Crippen molar-refractivity contribution in [2.24, 2.45) is 5.73 Å². The van der Waals surface area contributed by atoms with Gasteiger partial charge in [0.25, 0.3) is 0 Å². The van der Waals surface area contributed by atoms with Gasteiger partial charge in [0.2, 0.25) is 0 Å². The number of hydrogen-bond acceptors (Lipinski definition) is 4. The third kappa shape index (κ3) is 4.58. The van der Waals surface area contributed by atoms with Crippen molar-refractivity contribution in [3.63, 3.8) is 0 Å². The second kappa shape index (κ2) is 8.57. The summed E-state index contributed by atoms with van der Waals surface area (Å²) in [5, 5.41) is 8.51. The Balaban J connectivity index is 1.80. The first kappa shape index (κ1) is 18.8. The summed E-state index contributed by atoms with van der Waals surface area (Å²) < 4.78 is 0. The predicted octanol–water partition coefficient (Wildman–Crippen LogP) is 2.78. The van der Waals surface area contributed by atoms with Gasteiger partial charge < -0.3 is 16.4 Å². The fourth-order valence-electron chi connectivity index (χ4n) is 2.84. The molecule has 0 radical (unpaired) electrons. The summed E-state index contributed by atoms with van der Waals surface area (Å²) in [5.41, 5.74) is 7.36. The minimum absolute atomic E-state index is 0.147. The van der Waals surface area contributed by atoms with Gasteiger partial charge in [0.1, 0.15) is 0 Å².